The van der Waals surface area contributed by atoms with Crippen LogP contribution in [0.4, 0.5) is 5.69 Å². The highest BCUT2D eigenvalue weighted by Crippen LogP contribution is 2.32. The Labute approximate surface area is 186 Å². The minimum Gasteiger partial charge on any atom is -0.495 e. The van der Waals surface area contributed by atoms with E-state index < -0.39 is 10.0 Å². The molecule has 0 radical (unpaired) electrons. The van der Waals surface area contributed by atoms with Crippen molar-refractivity contribution in [1.82, 2.24) is 9.38 Å². The summed E-state index contributed by atoms with van der Waals surface area (Å²) in [6.45, 7) is 2.00. The summed E-state index contributed by atoms with van der Waals surface area (Å²) in [5.74, 6) is 0.429. The first-order valence-electron chi connectivity index (χ1n) is 10.1. The van der Waals surface area contributed by atoms with Crippen molar-refractivity contribution in [3.8, 4) is 17.0 Å². The number of ether oxygens (including phenoxy) is 1. The van der Waals surface area contributed by atoms with Gasteiger partial charge in [-0.05, 0) is 59.7 Å². The number of pyridine rings is 1. The van der Waals surface area contributed by atoms with Crippen molar-refractivity contribution in [2.75, 3.05) is 11.8 Å². The molecule has 0 aliphatic rings. The van der Waals surface area contributed by atoms with E-state index in [4.69, 9.17) is 9.72 Å². The Morgan fingerprint density at radius 1 is 0.938 bits per heavy atom. The zero-order chi connectivity index (χ0) is 22.3. The van der Waals surface area contributed by atoms with Gasteiger partial charge in [-0.2, -0.15) is 0 Å². The summed E-state index contributed by atoms with van der Waals surface area (Å²) in [5, 5.41) is 1.84. The Kier molecular flexibility index (Phi) is 4.83. The lowest BCUT2D eigenvalue weighted by Gasteiger charge is -2.13. The highest BCUT2D eigenvalue weighted by Gasteiger charge is 2.18. The summed E-state index contributed by atoms with van der Waals surface area (Å²) in [5.41, 5.74) is 3.80. The number of rotatable bonds is 5. The quantitative estimate of drug-likeness (QED) is 0.402. The molecule has 160 valence electrons. The van der Waals surface area contributed by atoms with Crippen LogP contribution >= 0.6 is 0 Å². The highest BCUT2D eigenvalue weighted by molar-refractivity contribution is 7.92. The van der Waals surface area contributed by atoms with E-state index in [1.807, 2.05) is 66.2 Å². The standard InChI is InChI=1S/C25H21N3O3S/c1-17-6-5-13-28-16-23(26-25(17)28)20-10-12-24(31-2)22(15-20)27-32(29,30)21-11-9-18-7-3-4-8-19(18)14-21/h3-16,27H,1-2H3. The summed E-state index contributed by atoms with van der Waals surface area (Å²) in [6, 6.07) is 22.0. The SMILES string of the molecule is COc1ccc(-c2cn3cccc(C)c3n2)cc1NS(=O)(=O)c1ccc2ccccc2c1. The number of hydrogen-bond donors (Lipinski definition) is 1. The van der Waals surface area contributed by atoms with Gasteiger partial charge in [0.1, 0.15) is 11.4 Å². The fourth-order valence-electron chi connectivity index (χ4n) is 3.78. The zero-order valence-corrected chi connectivity index (χ0v) is 18.4. The van der Waals surface area contributed by atoms with Crippen LogP contribution in [-0.2, 0) is 10.0 Å². The van der Waals surface area contributed by atoms with Gasteiger partial charge in [0.25, 0.3) is 10.0 Å². The van der Waals surface area contributed by atoms with Gasteiger partial charge in [0.05, 0.1) is 23.4 Å². The second kappa shape index (κ2) is 7.69. The first kappa shape index (κ1) is 20.1. The van der Waals surface area contributed by atoms with E-state index in [1.165, 1.54) is 7.11 Å². The third-order valence-electron chi connectivity index (χ3n) is 5.45. The fourth-order valence-corrected chi connectivity index (χ4v) is 4.87. The number of nitrogens with zero attached hydrogens (tertiary/aromatic N) is 2. The average Bonchev–Trinajstić information content (AvgIpc) is 3.24. The van der Waals surface area contributed by atoms with Crippen molar-refractivity contribution in [1.29, 1.82) is 0 Å². The number of methoxy groups -OCH3 is 1. The highest BCUT2D eigenvalue weighted by atomic mass is 32.2. The van der Waals surface area contributed by atoms with Gasteiger partial charge in [0.2, 0.25) is 0 Å². The third-order valence-corrected chi connectivity index (χ3v) is 6.81. The molecule has 6 nitrogen and oxygen atoms in total. The van der Waals surface area contributed by atoms with E-state index in [2.05, 4.69) is 4.72 Å². The van der Waals surface area contributed by atoms with Crippen LogP contribution in [0.3, 0.4) is 0 Å². The lowest BCUT2D eigenvalue weighted by atomic mass is 10.1. The molecule has 3 aromatic carbocycles. The number of hydrogen-bond acceptors (Lipinski definition) is 4. The molecular weight excluding hydrogens is 422 g/mol. The molecule has 0 saturated heterocycles. The van der Waals surface area contributed by atoms with E-state index in [-0.39, 0.29) is 4.90 Å². The Balaban J connectivity index is 1.55. The van der Waals surface area contributed by atoms with Gasteiger partial charge in [-0.25, -0.2) is 13.4 Å². The van der Waals surface area contributed by atoms with Crippen molar-refractivity contribution in [2.24, 2.45) is 0 Å². The monoisotopic (exact) mass is 443 g/mol. The van der Waals surface area contributed by atoms with E-state index in [9.17, 15) is 8.42 Å². The molecule has 2 aromatic heterocycles. The largest absolute Gasteiger partial charge is 0.495 e. The Morgan fingerprint density at radius 3 is 2.53 bits per heavy atom. The molecule has 0 unspecified atom stereocenters. The molecule has 32 heavy (non-hydrogen) atoms. The number of aryl methyl sites for hydroxylation is 1. The predicted molar refractivity (Wildman–Crippen MR) is 127 cm³/mol. The van der Waals surface area contributed by atoms with Gasteiger partial charge in [-0.15, -0.1) is 0 Å². The van der Waals surface area contributed by atoms with Crippen molar-refractivity contribution >= 4 is 32.1 Å². The van der Waals surface area contributed by atoms with E-state index in [0.717, 1.165) is 33.2 Å². The number of imidazole rings is 1. The lowest BCUT2D eigenvalue weighted by molar-refractivity contribution is 0.417. The zero-order valence-electron chi connectivity index (χ0n) is 17.6. The Bertz CT molecular complexity index is 1570. The summed E-state index contributed by atoms with van der Waals surface area (Å²) in [4.78, 5) is 4.90. The number of anilines is 1. The number of aromatic nitrogens is 2. The summed E-state index contributed by atoms with van der Waals surface area (Å²) in [7, 11) is -2.31. The second-order valence-electron chi connectivity index (χ2n) is 7.58. The molecule has 0 aliphatic carbocycles. The van der Waals surface area contributed by atoms with Crippen molar-refractivity contribution in [2.45, 2.75) is 11.8 Å². The van der Waals surface area contributed by atoms with Crippen LogP contribution in [-0.4, -0.2) is 24.9 Å². The minimum absolute atomic E-state index is 0.187. The maximum atomic E-state index is 13.2. The van der Waals surface area contributed by atoms with Crippen LogP contribution in [0.5, 0.6) is 5.75 Å². The number of sulfonamides is 1. The predicted octanol–water partition coefficient (Wildman–Crippen LogP) is 5.27. The Morgan fingerprint density at radius 2 is 1.75 bits per heavy atom. The smallest absolute Gasteiger partial charge is 0.262 e. The van der Waals surface area contributed by atoms with Crippen LogP contribution in [0.2, 0.25) is 0 Å². The lowest BCUT2D eigenvalue weighted by Crippen LogP contribution is -2.13. The van der Waals surface area contributed by atoms with Crippen LogP contribution in [0.25, 0.3) is 27.7 Å². The molecular formula is C25H21N3O3S. The van der Waals surface area contributed by atoms with Gasteiger partial charge in [-0.1, -0.05) is 36.4 Å². The van der Waals surface area contributed by atoms with Gasteiger partial charge in [0.15, 0.2) is 0 Å². The van der Waals surface area contributed by atoms with E-state index in [0.29, 0.717) is 11.4 Å². The molecule has 2 heterocycles. The molecule has 1 N–H and O–H groups in total. The Hall–Kier alpha value is -3.84. The van der Waals surface area contributed by atoms with Gasteiger partial charge in [0, 0.05) is 18.0 Å². The third kappa shape index (κ3) is 3.56. The van der Waals surface area contributed by atoms with Gasteiger partial charge < -0.3 is 9.14 Å². The maximum Gasteiger partial charge on any atom is 0.262 e. The number of fused-ring (bicyclic) bond motifs is 2. The molecule has 0 atom stereocenters. The van der Waals surface area contributed by atoms with E-state index in [1.54, 1.807) is 30.3 Å². The summed E-state index contributed by atoms with van der Waals surface area (Å²) in [6.07, 6.45) is 3.86. The molecule has 0 spiro atoms. The molecule has 5 aromatic rings. The maximum absolute atomic E-state index is 13.2. The first-order chi connectivity index (χ1) is 15.4. The van der Waals surface area contributed by atoms with Crippen LogP contribution in [0, 0.1) is 6.92 Å². The molecule has 0 fully saturated rings. The molecule has 0 saturated carbocycles. The number of benzene rings is 3. The van der Waals surface area contributed by atoms with Crippen LogP contribution in [0.15, 0.2) is 90.1 Å². The van der Waals surface area contributed by atoms with Gasteiger partial charge in [-0.3, -0.25) is 4.72 Å². The van der Waals surface area contributed by atoms with Crippen LogP contribution < -0.4 is 9.46 Å². The summed E-state index contributed by atoms with van der Waals surface area (Å²) < 4.78 is 36.4. The molecule has 5 rings (SSSR count). The van der Waals surface area contributed by atoms with Crippen molar-refractivity contribution < 1.29 is 13.2 Å². The fraction of sp³-hybridized carbons (Fsp3) is 0.0800. The second-order valence-corrected chi connectivity index (χ2v) is 9.26. The first-order valence-corrected chi connectivity index (χ1v) is 11.6. The average molecular weight is 444 g/mol. The van der Waals surface area contributed by atoms with Gasteiger partial charge >= 0.3 is 0 Å². The normalized spacial score (nSPS) is 11.7. The molecule has 0 bridgehead atoms. The topological polar surface area (TPSA) is 72.7 Å². The molecule has 7 heteroatoms. The summed E-state index contributed by atoms with van der Waals surface area (Å²) >= 11 is 0. The molecule has 0 aliphatic heterocycles. The van der Waals surface area contributed by atoms with Crippen LogP contribution in [0.1, 0.15) is 5.56 Å². The van der Waals surface area contributed by atoms with E-state index >= 15 is 0 Å². The van der Waals surface area contributed by atoms with Crippen molar-refractivity contribution in [3.05, 3.63) is 90.8 Å². The molecule has 0 amide bonds. The van der Waals surface area contributed by atoms with Crippen molar-refractivity contribution in [3.63, 3.8) is 0 Å². The minimum atomic E-state index is -3.82. The number of nitrogens with one attached hydrogen (secondary N) is 1.